The largest absolute Gasteiger partial charge is 0.445 e. The smallest absolute Gasteiger partial charge is 0.386 e. The molecule has 2 aromatic rings. The first kappa shape index (κ1) is 15.6. The molecule has 0 aliphatic carbocycles. The van der Waals surface area contributed by atoms with Crippen LogP contribution < -0.4 is 5.32 Å². The summed E-state index contributed by atoms with van der Waals surface area (Å²) < 4.78 is 63.7. The minimum atomic E-state index is -4.62. The third-order valence-corrected chi connectivity index (χ3v) is 3.37. The third-order valence-electron chi connectivity index (χ3n) is 2.45. The fourth-order valence-electron chi connectivity index (χ4n) is 1.52. The number of halogens is 5. The van der Waals surface area contributed by atoms with Crippen molar-refractivity contribution in [3.63, 3.8) is 0 Å². The van der Waals surface area contributed by atoms with E-state index in [1.807, 2.05) is 0 Å². The van der Waals surface area contributed by atoms with E-state index in [9.17, 15) is 27.1 Å². The number of nitrogens with zero attached hydrogens (tertiary/aromatic N) is 2. The number of aliphatic hydroxyl groups excluding tert-OH is 1. The first-order valence-electron chi connectivity index (χ1n) is 5.55. The van der Waals surface area contributed by atoms with Crippen molar-refractivity contribution in [2.45, 2.75) is 12.3 Å². The average molecular weight is 325 g/mol. The summed E-state index contributed by atoms with van der Waals surface area (Å²) in [5.41, 5.74) is -0.564. The fourth-order valence-corrected chi connectivity index (χ4v) is 2.14. The van der Waals surface area contributed by atoms with Gasteiger partial charge in [0.2, 0.25) is 10.1 Å². The number of anilines is 1. The van der Waals surface area contributed by atoms with Gasteiger partial charge in [0.1, 0.15) is 17.7 Å². The number of hydrogen-bond donors (Lipinski definition) is 2. The number of nitrogens with one attached hydrogen (secondary N) is 1. The maximum Gasteiger partial charge on any atom is 0.445 e. The van der Waals surface area contributed by atoms with E-state index in [0.717, 1.165) is 18.2 Å². The molecule has 21 heavy (non-hydrogen) atoms. The second-order valence-corrected chi connectivity index (χ2v) is 4.92. The minimum absolute atomic E-state index is 0.210. The van der Waals surface area contributed by atoms with Gasteiger partial charge in [-0.15, -0.1) is 10.2 Å². The molecule has 0 fully saturated rings. The Hall–Kier alpha value is -1.81. The lowest BCUT2D eigenvalue weighted by Crippen LogP contribution is -2.15. The van der Waals surface area contributed by atoms with E-state index in [-0.39, 0.29) is 16.5 Å². The Morgan fingerprint density at radius 2 is 1.81 bits per heavy atom. The molecule has 0 radical (unpaired) electrons. The van der Waals surface area contributed by atoms with Crippen LogP contribution >= 0.6 is 11.3 Å². The number of alkyl halides is 3. The van der Waals surface area contributed by atoms with Crippen molar-refractivity contribution in [1.82, 2.24) is 10.2 Å². The normalized spacial score (nSPS) is 13.2. The van der Waals surface area contributed by atoms with Gasteiger partial charge in [-0.1, -0.05) is 17.4 Å². The van der Waals surface area contributed by atoms with Gasteiger partial charge < -0.3 is 10.4 Å². The highest BCUT2D eigenvalue weighted by atomic mass is 32.1. The van der Waals surface area contributed by atoms with E-state index < -0.39 is 41.0 Å². The van der Waals surface area contributed by atoms with Crippen LogP contribution in [-0.4, -0.2) is 21.8 Å². The lowest BCUT2D eigenvalue weighted by molar-refractivity contribution is -0.138. The Labute approximate surface area is 119 Å². The predicted molar refractivity (Wildman–Crippen MR) is 64.7 cm³/mol. The summed E-state index contributed by atoms with van der Waals surface area (Å²) in [6.45, 7) is -0.412. The Morgan fingerprint density at radius 3 is 2.33 bits per heavy atom. The van der Waals surface area contributed by atoms with Crippen LogP contribution in [0.2, 0.25) is 0 Å². The van der Waals surface area contributed by atoms with Gasteiger partial charge in [-0.3, -0.25) is 0 Å². The zero-order valence-electron chi connectivity index (χ0n) is 10.2. The topological polar surface area (TPSA) is 58.0 Å². The van der Waals surface area contributed by atoms with Gasteiger partial charge in [0.25, 0.3) is 0 Å². The number of aromatic nitrogens is 2. The first-order valence-corrected chi connectivity index (χ1v) is 6.37. The van der Waals surface area contributed by atoms with Crippen molar-refractivity contribution >= 4 is 16.5 Å². The summed E-state index contributed by atoms with van der Waals surface area (Å²) in [6, 6.07) is 3.07. The molecule has 0 amide bonds. The van der Waals surface area contributed by atoms with E-state index in [1.165, 1.54) is 0 Å². The Kier molecular flexibility index (Phi) is 4.37. The molecule has 114 valence electrons. The SMILES string of the molecule is OC(CNc1nnc(C(F)(F)F)s1)c1c(F)cccc1F. The van der Waals surface area contributed by atoms with E-state index in [4.69, 9.17) is 0 Å². The molecule has 1 atom stereocenters. The molecule has 10 heteroatoms. The second kappa shape index (κ2) is 5.90. The lowest BCUT2D eigenvalue weighted by atomic mass is 10.1. The molecule has 0 saturated heterocycles. The van der Waals surface area contributed by atoms with Crippen molar-refractivity contribution in [3.8, 4) is 0 Å². The summed E-state index contributed by atoms with van der Waals surface area (Å²) in [4.78, 5) is 0. The molecule has 4 nitrogen and oxygen atoms in total. The molecule has 2 rings (SSSR count). The highest BCUT2D eigenvalue weighted by molar-refractivity contribution is 7.15. The van der Waals surface area contributed by atoms with E-state index in [1.54, 1.807) is 0 Å². The van der Waals surface area contributed by atoms with Crippen LogP contribution in [0.15, 0.2) is 18.2 Å². The number of hydrogen-bond acceptors (Lipinski definition) is 5. The molecule has 0 spiro atoms. The number of benzene rings is 1. The predicted octanol–water partition coefficient (Wildman–Crippen LogP) is 2.98. The molecule has 1 aromatic carbocycles. The standard InChI is InChI=1S/C11H8F5N3OS/c12-5-2-1-3-6(13)8(5)7(20)4-17-10-19-18-9(21-10)11(14,15)16/h1-3,7,20H,4H2,(H,17,19). The van der Waals surface area contributed by atoms with Gasteiger partial charge >= 0.3 is 6.18 Å². The van der Waals surface area contributed by atoms with Crippen LogP contribution in [0, 0.1) is 11.6 Å². The Morgan fingerprint density at radius 1 is 1.19 bits per heavy atom. The van der Waals surface area contributed by atoms with Crippen LogP contribution in [0.3, 0.4) is 0 Å². The summed E-state index contributed by atoms with van der Waals surface area (Å²) in [6.07, 6.45) is -6.20. The number of rotatable bonds is 4. The molecular formula is C11H8F5N3OS. The van der Waals surface area contributed by atoms with E-state index in [0.29, 0.717) is 0 Å². The maximum absolute atomic E-state index is 13.4. The van der Waals surface area contributed by atoms with Crippen molar-refractivity contribution < 1.29 is 27.1 Å². The van der Waals surface area contributed by atoms with Crippen LogP contribution in [-0.2, 0) is 6.18 Å². The lowest BCUT2D eigenvalue weighted by Gasteiger charge is -2.13. The minimum Gasteiger partial charge on any atom is -0.386 e. The van der Waals surface area contributed by atoms with Crippen LogP contribution in [0.25, 0.3) is 0 Å². The van der Waals surface area contributed by atoms with Crippen molar-refractivity contribution in [2.75, 3.05) is 11.9 Å². The molecule has 1 unspecified atom stereocenters. The summed E-state index contributed by atoms with van der Waals surface area (Å²) in [5.74, 6) is -1.89. The van der Waals surface area contributed by atoms with E-state index >= 15 is 0 Å². The van der Waals surface area contributed by atoms with Gasteiger partial charge in [0.05, 0.1) is 5.56 Å². The molecular weight excluding hydrogens is 317 g/mol. The van der Waals surface area contributed by atoms with Gasteiger partial charge in [0, 0.05) is 6.54 Å². The van der Waals surface area contributed by atoms with Gasteiger partial charge in [0.15, 0.2) is 0 Å². The molecule has 1 aromatic heterocycles. The molecule has 0 bridgehead atoms. The molecule has 2 N–H and O–H groups in total. The summed E-state index contributed by atoms with van der Waals surface area (Å²) >= 11 is 0.228. The summed E-state index contributed by atoms with van der Waals surface area (Å²) in [7, 11) is 0. The quantitative estimate of drug-likeness (QED) is 0.849. The zero-order chi connectivity index (χ0) is 15.6. The third kappa shape index (κ3) is 3.64. The van der Waals surface area contributed by atoms with E-state index in [2.05, 4.69) is 15.5 Å². The zero-order valence-corrected chi connectivity index (χ0v) is 11.0. The van der Waals surface area contributed by atoms with Crippen molar-refractivity contribution in [1.29, 1.82) is 0 Å². The second-order valence-electron chi connectivity index (χ2n) is 3.94. The fraction of sp³-hybridized carbons (Fsp3) is 0.273. The van der Waals surface area contributed by atoms with Gasteiger partial charge in [-0.2, -0.15) is 13.2 Å². The van der Waals surface area contributed by atoms with Gasteiger partial charge in [-0.05, 0) is 12.1 Å². The highest BCUT2D eigenvalue weighted by Gasteiger charge is 2.35. The van der Waals surface area contributed by atoms with Crippen LogP contribution in [0.1, 0.15) is 16.7 Å². The average Bonchev–Trinajstić information content (AvgIpc) is 2.84. The Balaban J connectivity index is 2.05. The highest BCUT2D eigenvalue weighted by Crippen LogP contribution is 2.33. The number of aliphatic hydroxyl groups is 1. The molecule has 0 saturated carbocycles. The summed E-state index contributed by atoms with van der Waals surface area (Å²) in [5, 5.41) is 16.8. The molecule has 0 aliphatic rings. The van der Waals surface area contributed by atoms with Crippen LogP contribution in [0.5, 0.6) is 0 Å². The van der Waals surface area contributed by atoms with Crippen molar-refractivity contribution in [2.24, 2.45) is 0 Å². The molecule has 0 aliphatic heterocycles. The monoisotopic (exact) mass is 325 g/mol. The van der Waals surface area contributed by atoms with Crippen LogP contribution in [0.4, 0.5) is 27.1 Å². The van der Waals surface area contributed by atoms with Crippen molar-refractivity contribution in [3.05, 3.63) is 40.4 Å². The molecule has 1 heterocycles. The first-order chi connectivity index (χ1) is 9.79. The Bertz CT molecular complexity index is 610. The maximum atomic E-state index is 13.4. The van der Waals surface area contributed by atoms with Gasteiger partial charge in [-0.25, -0.2) is 8.78 Å².